The van der Waals surface area contributed by atoms with Crippen LogP contribution in [0.25, 0.3) is 0 Å². The average molecular weight is 599 g/mol. The highest BCUT2D eigenvalue weighted by molar-refractivity contribution is 9.10. The normalized spacial score (nSPS) is 14.4. The van der Waals surface area contributed by atoms with Crippen LogP contribution in [-0.2, 0) is 9.59 Å². The third-order valence-electron chi connectivity index (χ3n) is 6.84. The summed E-state index contributed by atoms with van der Waals surface area (Å²) >= 11 is 3.58. The maximum absolute atomic E-state index is 13.8. The molecule has 0 fully saturated rings. The van der Waals surface area contributed by atoms with Crippen LogP contribution in [-0.4, -0.2) is 63.7 Å². The van der Waals surface area contributed by atoms with Crippen molar-refractivity contribution in [2.75, 3.05) is 37.4 Å². The zero-order chi connectivity index (χ0) is 28.3. The minimum Gasteiger partial charge on any atom is -0.493 e. The van der Waals surface area contributed by atoms with Gasteiger partial charge in [-0.2, -0.15) is 4.68 Å². The summed E-state index contributed by atoms with van der Waals surface area (Å²) in [6.07, 6.45) is 0. The number of hydrogen-bond acceptors (Lipinski definition) is 8. The van der Waals surface area contributed by atoms with Crippen molar-refractivity contribution in [3.05, 3.63) is 62.8 Å². The van der Waals surface area contributed by atoms with Crippen molar-refractivity contribution in [1.82, 2.24) is 25.1 Å². The van der Waals surface area contributed by atoms with E-state index in [1.807, 2.05) is 58.9 Å². The number of methoxy groups -OCH3 is 1. The average Bonchev–Trinajstić information content (AvgIpc) is 3.38. The molecule has 0 saturated carbocycles. The third kappa shape index (κ3) is 5.60. The number of carbonyl (C=O) groups is 2. The fraction of sp³-hybridized carbons (Fsp3) is 0.370. The fourth-order valence-electron chi connectivity index (χ4n) is 4.53. The molecule has 2 heterocycles. The van der Waals surface area contributed by atoms with Gasteiger partial charge in [0.2, 0.25) is 5.95 Å². The summed E-state index contributed by atoms with van der Waals surface area (Å²) in [4.78, 5) is 28.0. The predicted molar refractivity (Wildman–Crippen MR) is 151 cm³/mol. The summed E-state index contributed by atoms with van der Waals surface area (Å²) in [7, 11) is 1.52. The number of carbonyl (C=O) groups excluding carboxylic acids is 2. The van der Waals surface area contributed by atoms with Gasteiger partial charge in [-0.1, -0.05) is 17.2 Å². The molecule has 1 aliphatic rings. The topological polar surface area (TPSA) is 124 Å². The zero-order valence-corrected chi connectivity index (χ0v) is 24.4. The second kappa shape index (κ2) is 11.9. The lowest BCUT2D eigenvalue weighted by Gasteiger charge is -2.29. The number of likely N-dealkylation sites (N-methyl/N-ethyl adjacent to an activating group) is 1. The number of anilines is 2. The van der Waals surface area contributed by atoms with Crippen molar-refractivity contribution in [2.24, 2.45) is 0 Å². The Balaban J connectivity index is 1.72. The number of rotatable bonds is 9. The SMILES string of the molecule is CCN(CC)C(=O)COc1c(Br)cc(C2C(C(=O)Nc3cccc(C)c3C)=C(C)Nc3nnnn32)cc1OC. The Bertz CT molecular complexity index is 1430. The first kappa shape index (κ1) is 28.1. The molecule has 0 spiro atoms. The van der Waals surface area contributed by atoms with Crippen molar-refractivity contribution in [3.8, 4) is 11.5 Å². The molecule has 11 nitrogen and oxygen atoms in total. The molecule has 2 amide bonds. The van der Waals surface area contributed by atoms with Crippen LogP contribution in [0.3, 0.4) is 0 Å². The first-order chi connectivity index (χ1) is 18.7. The lowest BCUT2D eigenvalue weighted by atomic mass is 9.94. The van der Waals surface area contributed by atoms with Gasteiger partial charge < -0.3 is 25.0 Å². The summed E-state index contributed by atoms with van der Waals surface area (Å²) in [5, 5.41) is 18.2. The Hall–Kier alpha value is -3.93. The Morgan fingerprint density at radius 2 is 1.92 bits per heavy atom. The van der Waals surface area contributed by atoms with E-state index >= 15 is 0 Å². The van der Waals surface area contributed by atoms with E-state index in [4.69, 9.17) is 9.47 Å². The van der Waals surface area contributed by atoms with Gasteiger partial charge in [-0.15, -0.1) is 0 Å². The third-order valence-corrected chi connectivity index (χ3v) is 7.42. The zero-order valence-electron chi connectivity index (χ0n) is 22.8. The minimum atomic E-state index is -0.669. The molecule has 2 N–H and O–H groups in total. The summed E-state index contributed by atoms with van der Waals surface area (Å²) in [5.41, 5.74) is 4.52. The number of tetrazole rings is 1. The number of aromatic nitrogens is 4. The standard InChI is InChI=1S/C27H32BrN7O4/c1-7-34(8-2)22(36)14-39-25-19(28)12-18(13-21(25)38-6)24-23(17(5)29-27-31-32-33-35(24)27)26(37)30-20-11-9-10-15(3)16(20)4/h9-13,24H,7-8,14H2,1-6H3,(H,30,37)(H,29,31,33). The van der Waals surface area contributed by atoms with Gasteiger partial charge in [0.25, 0.3) is 11.8 Å². The maximum atomic E-state index is 13.8. The van der Waals surface area contributed by atoms with Gasteiger partial charge in [0, 0.05) is 24.5 Å². The molecule has 1 aliphatic heterocycles. The second-order valence-electron chi connectivity index (χ2n) is 9.10. The largest absolute Gasteiger partial charge is 0.493 e. The number of aryl methyl sites for hydroxylation is 1. The monoisotopic (exact) mass is 597 g/mol. The maximum Gasteiger partial charge on any atom is 0.260 e. The van der Waals surface area contributed by atoms with Crippen molar-refractivity contribution in [2.45, 2.75) is 40.7 Å². The van der Waals surface area contributed by atoms with Crippen LogP contribution in [0, 0.1) is 13.8 Å². The van der Waals surface area contributed by atoms with Crippen molar-refractivity contribution in [3.63, 3.8) is 0 Å². The molecule has 0 saturated heterocycles. The minimum absolute atomic E-state index is 0.126. The number of hydrogen-bond donors (Lipinski definition) is 2. The molecule has 0 aliphatic carbocycles. The number of nitrogens with zero attached hydrogens (tertiary/aromatic N) is 5. The van der Waals surface area contributed by atoms with Crippen molar-refractivity contribution >= 4 is 39.4 Å². The van der Waals surface area contributed by atoms with Crippen LogP contribution >= 0.6 is 15.9 Å². The highest BCUT2D eigenvalue weighted by Crippen LogP contribution is 2.42. The van der Waals surface area contributed by atoms with Gasteiger partial charge in [0.05, 0.1) is 17.2 Å². The van der Waals surface area contributed by atoms with Gasteiger partial charge in [-0.05, 0) is 95.9 Å². The molecular weight excluding hydrogens is 566 g/mol. The summed E-state index contributed by atoms with van der Waals surface area (Å²) in [6.45, 7) is 10.7. The van der Waals surface area contributed by atoms with Gasteiger partial charge in [0.15, 0.2) is 18.1 Å². The number of allylic oxidation sites excluding steroid dienone is 1. The number of amides is 2. The number of nitrogens with one attached hydrogen (secondary N) is 2. The van der Waals surface area contributed by atoms with E-state index in [9.17, 15) is 9.59 Å². The Labute approximate surface area is 235 Å². The van der Waals surface area contributed by atoms with Crippen LogP contribution < -0.4 is 20.1 Å². The highest BCUT2D eigenvalue weighted by Gasteiger charge is 2.35. The summed E-state index contributed by atoms with van der Waals surface area (Å²) in [6, 6.07) is 8.69. The molecule has 0 bridgehead atoms. The summed E-state index contributed by atoms with van der Waals surface area (Å²) < 4.78 is 13.6. The number of halogens is 1. The van der Waals surface area contributed by atoms with E-state index in [-0.39, 0.29) is 18.4 Å². The molecule has 4 rings (SSSR count). The molecular formula is C27H32BrN7O4. The van der Waals surface area contributed by atoms with Gasteiger partial charge in [0.1, 0.15) is 6.04 Å². The van der Waals surface area contributed by atoms with E-state index in [0.717, 1.165) is 16.8 Å². The van der Waals surface area contributed by atoms with Crippen molar-refractivity contribution < 1.29 is 19.1 Å². The molecule has 3 aromatic rings. The molecule has 206 valence electrons. The fourth-order valence-corrected chi connectivity index (χ4v) is 5.10. The number of benzene rings is 2. The molecule has 12 heteroatoms. The van der Waals surface area contributed by atoms with Gasteiger partial charge >= 0.3 is 0 Å². The predicted octanol–water partition coefficient (Wildman–Crippen LogP) is 4.24. The Morgan fingerprint density at radius 3 is 2.62 bits per heavy atom. The molecule has 1 aromatic heterocycles. The lowest BCUT2D eigenvalue weighted by molar-refractivity contribution is -0.133. The highest BCUT2D eigenvalue weighted by atomic mass is 79.9. The van der Waals surface area contributed by atoms with Crippen molar-refractivity contribution in [1.29, 1.82) is 0 Å². The quantitative estimate of drug-likeness (QED) is 0.375. The first-order valence-corrected chi connectivity index (χ1v) is 13.4. The Morgan fingerprint density at radius 1 is 1.18 bits per heavy atom. The van der Waals surface area contributed by atoms with E-state index < -0.39 is 6.04 Å². The van der Waals surface area contributed by atoms with E-state index in [1.165, 1.54) is 7.11 Å². The van der Waals surface area contributed by atoms with E-state index in [1.54, 1.807) is 15.6 Å². The van der Waals surface area contributed by atoms with E-state index in [0.29, 0.717) is 51.8 Å². The molecule has 2 aromatic carbocycles. The lowest BCUT2D eigenvalue weighted by Crippen LogP contribution is -2.34. The van der Waals surface area contributed by atoms with Crippen LogP contribution in [0.2, 0.25) is 0 Å². The van der Waals surface area contributed by atoms with Gasteiger partial charge in [-0.3, -0.25) is 9.59 Å². The molecule has 39 heavy (non-hydrogen) atoms. The smallest absolute Gasteiger partial charge is 0.260 e. The molecule has 0 radical (unpaired) electrons. The van der Waals surface area contributed by atoms with Gasteiger partial charge in [-0.25, -0.2) is 0 Å². The van der Waals surface area contributed by atoms with Crippen LogP contribution in [0.4, 0.5) is 11.6 Å². The number of ether oxygens (including phenoxy) is 2. The molecule has 1 atom stereocenters. The summed E-state index contributed by atoms with van der Waals surface area (Å²) in [5.74, 6) is 0.765. The van der Waals surface area contributed by atoms with Crippen LogP contribution in [0.15, 0.2) is 46.1 Å². The Kier molecular flexibility index (Phi) is 8.54. The van der Waals surface area contributed by atoms with Crippen LogP contribution in [0.5, 0.6) is 11.5 Å². The first-order valence-electron chi connectivity index (χ1n) is 12.6. The second-order valence-corrected chi connectivity index (χ2v) is 9.96. The van der Waals surface area contributed by atoms with E-state index in [2.05, 4.69) is 42.1 Å². The molecule has 1 unspecified atom stereocenters. The number of fused-ring (bicyclic) bond motifs is 1. The van der Waals surface area contributed by atoms with Crippen LogP contribution in [0.1, 0.15) is 43.5 Å².